The van der Waals surface area contributed by atoms with E-state index in [1.54, 1.807) is 24.3 Å². The molecule has 1 N–H and O–H groups in total. The Morgan fingerprint density at radius 2 is 1.93 bits per heavy atom. The number of nitrogens with zero attached hydrogens (tertiary/aromatic N) is 3. The summed E-state index contributed by atoms with van der Waals surface area (Å²) in [4.78, 5) is 12.7. The van der Waals surface area contributed by atoms with Crippen molar-refractivity contribution < 1.29 is 17.6 Å². The van der Waals surface area contributed by atoms with Crippen LogP contribution in [0.3, 0.4) is 0 Å². The van der Waals surface area contributed by atoms with Crippen LogP contribution in [0.4, 0.5) is 5.13 Å². The highest BCUT2D eigenvalue weighted by molar-refractivity contribution is 7.89. The maximum Gasteiger partial charge on any atom is 0.243 e. The van der Waals surface area contributed by atoms with Gasteiger partial charge in [0.15, 0.2) is 0 Å². The number of hydrogen-bond donors (Lipinski definition) is 1. The number of benzene rings is 1. The van der Waals surface area contributed by atoms with Crippen molar-refractivity contribution in [1.82, 2.24) is 14.5 Å². The van der Waals surface area contributed by atoms with Crippen molar-refractivity contribution in [3.63, 3.8) is 0 Å². The molecular weight excluding hydrogens is 412 g/mol. The largest absolute Gasteiger partial charge is 0.468 e. The molecule has 1 amide bonds. The van der Waals surface area contributed by atoms with Crippen molar-refractivity contribution in [3.8, 4) is 0 Å². The zero-order chi connectivity index (χ0) is 21.0. The van der Waals surface area contributed by atoms with E-state index in [9.17, 15) is 13.2 Å². The van der Waals surface area contributed by atoms with E-state index in [1.807, 2.05) is 20.8 Å². The molecule has 2 heterocycles. The Balaban J connectivity index is 1.81. The Morgan fingerprint density at radius 3 is 2.52 bits per heavy atom. The molecule has 3 rings (SSSR count). The monoisotopic (exact) mass is 434 g/mol. The number of rotatable bonds is 8. The third-order valence-corrected chi connectivity index (χ3v) is 7.02. The second-order valence-corrected chi connectivity index (χ2v) is 9.76. The van der Waals surface area contributed by atoms with Crippen LogP contribution in [0, 0.1) is 6.92 Å². The maximum atomic E-state index is 13.1. The fourth-order valence-corrected chi connectivity index (χ4v) is 4.62. The number of nitrogens with one attached hydrogen (secondary N) is 1. The minimum Gasteiger partial charge on any atom is -0.468 e. The van der Waals surface area contributed by atoms with Gasteiger partial charge in [-0.15, -0.1) is 10.2 Å². The van der Waals surface area contributed by atoms with Gasteiger partial charge in [-0.3, -0.25) is 10.1 Å². The first-order valence-corrected chi connectivity index (χ1v) is 11.2. The second-order valence-electron chi connectivity index (χ2n) is 6.81. The Kier molecular flexibility index (Phi) is 6.46. The Labute approximate surface area is 173 Å². The van der Waals surface area contributed by atoms with E-state index in [2.05, 4.69) is 15.5 Å². The first kappa shape index (κ1) is 21.2. The number of sulfonamides is 1. The van der Waals surface area contributed by atoms with Crippen LogP contribution < -0.4 is 5.32 Å². The molecule has 154 valence electrons. The lowest BCUT2D eigenvalue weighted by molar-refractivity contribution is -0.116. The van der Waals surface area contributed by atoms with E-state index < -0.39 is 15.9 Å². The number of hydrogen-bond acceptors (Lipinski definition) is 7. The van der Waals surface area contributed by atoms with Crippen LogP contribution in [-0.4, -0.2) is 35.4 Å². The van der Waals surface area contributed by atoms with Crippen molar-refractivity contribution in [2.24, 2.45) is 0 Å². The topological polar surface area (TPSA) is 105 Å². The van der Waals surface area contributed by atoms with E-state index in [0.29, 0.717) is 10.9 Å². The van der Waals surface area contributed by atoms with Gasteiger partial charge in [0.05, 0.1) is 24.2 Å². The van der Waals surface area contributed by atoms with Crippen LogP contribution >= 0.6 is 11.3 Å². The van der Waals surface area contributed by atoms with E-state index in [1.165, 1.54) is 29.7 Å². The Hall–Kier alpha value is -2.56. The van der Waals surface area contributed by atoms with Crippen molar-refractivity contribution in [1.29, 1.82) is 0 Å². The van der Waals surface area contributed by atoms with Crippen LogP contribution in [0.15, 0.2) is 52.0 Å². The predicted octanol–water partition coefficient (Wildman–Crippen LogP) is 3.39. The molecule has 0 spiro atoms. The van der Waals surface area contributed by atoms with Gasteiger partial charge in [-0.2, -0.15) is 4.31 Å². The minimum absolute atomic E-state index is 0.0655. The molecule has 0 unspecified atom stereocenters. The summed E-state index contributed by atoms with van der Waals surface area (Å²) < 4.78 is 32.6. The van der Waals surface area contributed by atoms with E-state index in [0.717, 1.165) is 14.9 Å². The van der Waals surface area contributed by atoms with Gasteiger partial charge in [0.1, 0.15) is 10.8 Å². The number of amides is 1. The van der Waals surface area contributed by atoms with Gasteiger partial charge in [-0.1, -0.05) is 42.9 Å². The molecule has 8 nitrogen and oxygen atoms in total. The summed E-state index contributed by atoms with van der Waals surface area (Å²) in [5, 5.41) is 11.7. The molecule has 0 fully saturated rings. The number of furan rings is 1. The van der Waals surface area contributed by atoms with Gasteiger partial charge >= 0.3 is 0 Å². The summed E-state index contributed by atoms with van der Waals surface area (Å²) in [5.41, 5.74) is 0.941. The summed E-state index contributed by atoms with van der Waals surface area (Å²) in [6.45, 7) is 5.38. The summed E-state index contributed by atoms with van der Waals surface area (Å²) >= 11 is 1.27. The quantitative estimate of drug-likeness (QED) is 0.583. The lowest BCUT2D eigenvalue weighted by Crippen LogP contribution is -2.37. The summed E-state index contributed by atoms with van der Waals surface area (Å²) in [5.74, 6) is 0.126. The molecule has 0 saturated carbocycles. The van der Waals surface area contributed by atoms with E-state index in [-0.39, 0.29) is 23.9 Å². The number of aryl methyl sites for hydroxylation is 1. The number of carbonyl (C=O) groups is 1. The van der Waals surface area contributed by atoms with Crippen molar-refractivity contribution in [2.45, 2.75) is 38.1 Å². The highest BCUT2D eigenvalue weighted by atomic mass is 32.2. The first-order valence-electron chi connectivity index (χ1n) is 8.98. The minimum atomic E-state index is -3.91. The molecule has 0 aliphatic rings. The lowest BCUT2D eigenvalue weighted by atomic mass is 10.2. The fourth-order valence-electron chi connectivity index (χ4n) is 2.50. The fraction of sp³-hybridized carbons (Fsp3) is 0.316. The number of anilines is 1. The summed E-state index contributed by atoms with van der Waals surface area (Å²) in [7, 11) is -3.91. The lowest BCUT2D eigenvalue weighted by Gasteiger charge is -2.20. The number of aromatic nitrogens is 2. The summed E-state index contributed by atoms with van der Waals surface area (Å²) in [6, 6.07) is 9.81. The van der Waals surface area contributed by atoms with Crippen LogP contribution in [0.25, 0.3) is 0 Å². The van der Waals surface area contributed by atoms with Crippen molar-refractivity contribution in [3.05, 3.63) is 59.0 Å². The van der Waals surface area contributed by atoms with Crippen LogP contribution in [-0.2, 0) is 21.4 Å². The smallest absolute Gasteiger partial charge is 0.243 e. The SMILES string of the molecule is Cc1ccc(S(=O)(=O)N(CC(=O)Nc2nnc(C(C)C)s2)Cc2ccco2)cc1. The van der Waals surface area contributed by atoms with Gasteiger partial charge in [-0.25, -0.2) is 8.42 Å². The molecule has 0 atom stereocenters. The zero-order valence-electron chi connectivity index (χ0n) is 16.3. The molecule has 10 heteroatoms. The Morgan fingerprint density at radius 1 is 1.21 bits per heavy atom. The zero-order valence-corrected chi connectivity index (χ0v) is 18.0. The van der Waals surface area contributed by atoms with Gasteiger partial charge in [0.2, 0.25) is 21.1 Å². The molecule has 0 bridgehead atoms. The molecule has 0 saturated heterocycles. The molecule has 3 aromatic rings. The average molecular weight is 435 g/mol. The predicted molar refractivity (Wildman–Crippen MR) is 110 cm³/mol. The van der Waals surface area contributed by atoms with Crippen molar-refractivity contribution >= 4 is 32.4 Å². The maximum absolute atomic E-state index is 13.1. The van der Waals surface area contributed by atoms with E-state index >= 15 is 0 Å². The first-order chi connectivity index (χ1) is 13.8. The Bertz CT molecular complexity index is 1060. The summed E-state index contributed by atoms with van der Waals surface area (Å²) in [6.07, 6.45) is 1.46. The molecule has 0 aliphatic carbocycles. The standard InChI is InChI=1S/C19H22N4O4S2/c1-13(2)18-21-22-19(28-18)20-17(24)12-23(11-15-5-4-10-27-15)29(25,26)16-8-6-14(3)7-9-16/h4-10,13H,11-12H2,1-3H3,(H,20,22,24). The van der Waals surface area contributed by atoms with Gasteiger partial charge in [0, 0.05) is 5.92 Å². The van der Waals surface area contributed by atoms with Crippen LogP contribution in [0.1, 0.15) is 36.1 Å². The van der Waals surface area contributed by atoms with E-state index in [4.69, 9.17) is 4.42 Å². The van der Waals surface area contributed by atoms with Gasteiger partial charge in [0.25, 0.3) is 0 Å². The van der Waals surface area contributed by atoms with Crippen molar-refractivity contribution in [2.75, 3.05) is 11.9 Å². The molecule has 2 aromatic heterocycles. The normalized spacial score (nSPS) is 11.9. The molecule has 0 aliphatic heterocycles. The third-order valence-electron chi connectivity index (χ3n) is 4.07. The third kappa shape index (κ3) is 5.28. The molecule has 1 aromatic carbocycles. The molecular formula is C19H22N4O4S2. The second kappa shape index (κ2) is 8.85. The van der Waals surface area contributed by atoms with Crippen LogP contribution in [0.5, 0.6) is 0 Å². The highest BCUT2D eigenvalue weighted by Crippen LogP contribution is 2.23. The van der Waals surface area contributed by atoms with Gasteiger partial charge < -0.3 is 4.42 Å². The number of carbonyl (C=O) groups excluding carboxylic acids is 1. The van der Waals surface area contributed by atoms with Gasteiger partial charge in [-0.05, 0) is 31.2 Å². The molecule has 0 radical (unpaired) electrons. The average Bonchev–Trinajstić information content (AvgIpc) is 3.33. The van der Waals surface area contributed by atoms with Crippen LogP contribution in [0.2, 0.25) is 0 Å². The molecule has 29 heavy (non-hydrogen) atoms. The highest BCUT2D eigenvalue weighted by Gasteiger charge is 2.28.